The minimum atomic E-state index is 0.942. The van der Waals surface area contributed by atoms with Gasteiger partial charge in [0.25, 0.3) is 0 Å². The van der Waals surface area contributed by atoms with Gasteiger partial charge in [0.05, 0.1) is 5.55 Å². The van der Waals surface area contributed by atoms with E-state index in [9.17, 15) is 0 Å². The van der Waals surface area contributed by atoms with Crippen LogP contribution in [0.3, 0.4) is 0 Å². The zero-order valence-electron chi connectivity index (χ0n) is 5.35. The maximum absolute atomic E-state index is 4.00. The number of hydrogen-bond acceptors (Lipinski definition) is 2. The molecule has 0 atom stereocenters. The van der Waals surface area contributed by atoms with Crippen LogP contribution in [-0.2, 0) is 0 Å². The highest BCUT2D eigenvalue weighted by Crippen LogP contribution is 1.97. The maximum atomic E-state index is 4.00. The molecule has 0 saturated carbocycles. The molecule has 0 unspecified atom stereocenters. The first kappa shape index (κ1) is 7.76. The highest BCUT2D eigenvalue weighted by Gasteiger charge is 1.78. The lowest BCUT2D eigenvalue weighted by Gasteiger charge is -1.87. The van der Waals surface area contributed by atoms with Gasteiger partial charge in [0.15, 0.2) is 0 Å². The van der Waals surface area contributed by atoms with Crippen LogP contribution in [0.25, 0.3) is 0 Å². The lowest BCUT2D eigenvalue weighted by atomic mass is 10.4. The van der Waals surface area contributed by atoms with Gasteiger partial charge in [-0.2, -0.15) is 0 Å². The van der Waals surface area contributed by atoms with Crippen molar-refractivity contribution < 1.29 is 0 Å². The van der Waals surface area contributed by atoms with E-state index in [1.165, 1.54) is 0 Å². The Labute approximate surface area is 54.9 Å². The molecule has 1 nitrogen and oxygen atoms in total. The molecule has 0 aliphatic carbocycles. The van der Waals surface area contributed by atoms with Crippen molar-refractivity contribution in [1.29, 1.82) is 0 Å². The highest BCUT2D eigenvalue weighted by molar-refractivity contribution is 8.11. The normalized spacial score (nSPS) is 10.2. The van der Waals surface area contributed by atoms with Gasteiger partial charge in [-0.05, 0) is 12.7 Å². The van der Waals surface area contributed by atoms with Gasteiger partial charge >= 0.3 is 0 Å². The minimum absolute atomic E-state index is 0.942. The lowest BCUT2D eigenvalue weighted by Crippen LogP contribution is -1.69. The standard InChI is InChI=1S/C6H11NS/c1-4-6(2)7-5-8-3/h5H,2,4H2,1,3H3/b7-5-. The van der Waals surface area contributed by atoms with Crippen molar-refractivity contribution >= 4 is 17.3 Å². The fourth-order valence-corrected chi connectivity index (χ4v) is 0.473. The van der Waals surface area contributed by atoms with Crippen LogP contribution in [0.1, 0.15) is 13.3 Å². The maximum Gasteiger partial charge on any atom is 0.0597 e. The molecule has 46 valence electrons. The second kappa shape index (κ2) is 4.91. The first-order valence-corrected chi connectivity index (χ1v) is 3.83. The summed E-state index contributed by atoms with van der Waals surface area (Å²) < 4.78 is 0. The predicted molar refractivity (Wildman–Crippen MR) is 41.4 cm³/mol. The molecule has 0 aliphatic heterocycles. The van der Waals surface area contributed by atoms with Gasteiger partial charge in [-0.25, -0.2) is 0 Å². The summed E-state index contributed by atoms with van der Waals surface area (Å²) in [4.78, 5) is 4.00. The van der Waals surface area contributed by atoms with Crippen molar-refractivity contribution in [1.82, 2.24) is 0 Å². The SMILES string of the molecule is C=C(CC)/N=C\SC. The summed E-state index contributed by atoms with van der Waals surface area (Å²) in [5.74, 6) is 0. The molecule has 0 aromatic rings. The van der Waals surface area contributed by atoms with Crippen LogP contribution in [-0.4, -0.2) is 11.8 Å². The Balaban J connectivity index is 3.37. The summed E-state index contributed by atoms with van der Waals surface area (Å²) in [6, 6.07) is 0. The van der Waals surface area contributed by atoms with E-state index >= 15 is 0 Å². The van der Waals surface area contributed by atoms with Gasteiger partial charge in [-0.15, -0.1) is 11.8 Å². The van der Waals surface area contributed by atoms with Crippen molar-refractivity contribution in [3.8, 4) is 0 Å². The van der Waals surface area contributed by atoms with Crippen molar-refractivity contribution in [3.63, 3.8) is 0 Å². The molecule has 0 aliphatic rings. The average molecular weight is 129 g/mol. The summed E-state index contributed by atoms with van der Waals surface area (Å²) in [5, 5.41) is 0. The number of thioether (sulfide) groups is 1. The monoisotopic (exact) mass is 129 g/mol. The molecule has 0 heterocycles. The fourth-order valence-electron chi connectivity index (χ4n) is 0.219. The van der Waals surface area contributed by atoms with Crippen LogP contribution in [0.5, 0.6) is 0 Å². The molecule has 0 amide bonds. The molecule has 0 N–H and O–H groups in total. The topological polar surface area (TPSA) is 12.4 Å². The van der Waals surface area contributed by atoms with E-state index in [4.69, 9.17) is 0 Å². The third-order valence-corrected chi connectivity index (χ3v) is 1.07. The van der Waals surface area contributed by atoms with Gasteiger partial charge in [0, 0.05) is 5.70 Å². The lowest BCUT2D eigenvalue weighted by molar-refractivity contribution is 1.08. The Morgan fingerprint density at radius 1 is 1.88 bits per heavy atom. The van der Waals surface area contributed by atoms with E-state index in [1.807, 2.05) is 13.2 Å². The van der Waals surface area contributed by atoms with Crippen molar-refractivity contribution in [3.05, 3.63) is 12.3 Å². The molecule has 0 fully saturated rings. The van der Waals surface area contributed by atoms with Crippen LogP contribution in [0, 0.1) is 0 Å². The number of nitrogens with zero attached hydrogens (tertiary/aromatic N) is 1. The molecular formula is C6H11NS. The Morgan fingerprint density at radius 2 is 2.50 bits per heavy atom. The molecular weight excluding hydrogens is 118 g/mol. The van der Waals surface area contributed by atoms with Gasteiger partial charge in [0.1, 0.15) is 0 Å². The molecule has 0 rings (SSSR count). The Kier molecular flexibility index (Phi) is 4.76. The fraction of sp³-hybridized carbons (Fsp3) is 0.500. The second-order valence-electron chi connectivity index (χ2n) is 1.39. The highest BCUT2D eigenvalue weighted by atomic mass is 32.2. The molecule has 0 radical (unpaired) electrons. The molecule has 2 heteroatoms. The third-order valence-electron chi connectivity index (χ3n) is 0.749. The van der Waals surface area contributed by atoms with Crippen LogP contribution in [0.2, 0.25) is 0 Å². The number of hydrogen-bond donors (Lipinski definition) is 0. The molecule has 0 bridgehead atoms. The summed E-state index contributed by atoms with van der Waals surface area (Å²) in [5.41, 5.74) is 2.74. The van der Waals surface area contributed by atoms with Gasteiger partial charge in [0.2, 0.25) is 0 Å². The van der Waals surface area contributed by atoms with Crippen LogP contribution in [0.15, 0.2) is 17.3 Å². The molecule has 0 aromatic heterocycles. The molecule has 0 aromatic carbocycles. The smallest absolute Gasteiger partial charge is 0.0597 e. The first-order chi connectivity index (χ1) is 3.81. The summed E-state index contributed by atoms with van der Waals surface area (Å²) in [7, 11) is 0. The number of rotatable bonds is 3. The zero-order valence-corrected chi connectivity index (χ0v) is 6.16. The van der Waals surface area contributed by atoms with E-state index in [0.717, 1.165) is 12.1 Å². The van der Waals surface area contributed by atoms with Crippen molar-refractivity contribution in [2.45, 2.75) is 13.3 Å². The predicted octanol–water partition coefficient (Wildman–Crippen LogP) is 2.30. The van der Waals surface area contributed by atoms with Crippen LogP contribution >= 0.6 is 11.8 Å². The minimum Gasteiger partial charge on any atom is -0.255 e. The van der Waals surface area contributed by atoms with E-state index in [0.29, 0.717) is 0 Å². The number of allylic oxidation sites excluding steroid dienone is 1. The third kappa shape index (κ3) is 3.93. The average Bonchev–Trinajstić information content (AvgIpc) is 1.83. The first-order valence-electron chi connectivity index (χ1n) is 2.54. The summed E-state index contributed by atoms with van der Waals surface area (Å²) in [6.45, 7) is 5.74. The zero-order chi connectivity index (χ0) is 6.41. The van der Waals surface area contributed by atoms with E-state index < -0.39 is 0 Å². The van der Waals surface area contributed by atoms with E-state index in [2.05, 4.69) is 11.6 Å². The Bertz CT molecular complexity index is 96.7. The Morgan fingerprint density at radius 3 is 2.88 bits per heavy atom. The van der Waals surface area contributed by atoms with Crippen molar-refractivity contribution in [2.75, 3.05) is 6.26 Å². The van der Waals surface area contributed by atoms with Crippen LogP contribution < -0.4 is 0 Å². The van der Waals surface area contributed by atoms with E-state index in [-0.39, 0.29) is 0 Å². The Hall–Kier alpha value is -0.240. The van der Waals surface area contributed by atoms with Gasteiger partial charge < -0.3 is 0 Å². The van der Waals surface area contributed by atoms with Crippen LogP contribution in [0.4, 0.5) is 0 Å². The van der Waals surface area contributed by atoms with E-state index in [1.54, 1.807) is 17.3 Å². The largest absolute Gasteiger partial charge is 0.255 e. The second-order valence-corrected chi connectivity index (χ2v) is 2.07. The van der Waals surface area contributed by atoms with Gasteiger partial charge in [-0.1, -0.05) is 13.5 Å². The van der Waals surface area contributed by atoms with Gasteiger partial charge in [-0.3, -0.25) is 4.99 Å². The molecule has 0 spiro atoms. The molecule has 8 heavy (non-hydrogen) atoms. The quantitative estimate of drug-likeness (QED) is 0.420. The van der Waals surface area contributed by atoms with Crippen molar-refractivity contribution in [2.24, 2.45) is 4.99 Å². The molecule has 0 saturated heterocycles. The number of aliphatic imine (C=N–C) groups is 1. The summed E-state index contributed by atoms with van der Waals surface area (Å²) >= 11 is 1.59. The summed E-state index contributed by atoms with van der Waals surface area (Å²) in [6.07, 6.45) is 2.92.